The average Bonchev–Trinajstić information content (AvgIpc) is 3.44. The minimum atomic E-state index is -0.760. The number of anilines is 1. The van der Waals surface area contributed by atoms with Gasteiger partial charge in [0, 0.05) is 32.1 Å². The number of aromatic nitrogens is 3. The number of halogens is 1. The van der Waals surface area contributed by atoms with Crippen molar-refractivity contribution < 1.29 is 13.9 Å². The maximum atomic E-state index is 13.9. The number of carbonyl (C=O) groups is 1. The zero-order chi connectivity index (χ0) is 21.2. The summed E-state index contributed by atoms with van der Waals surface area (Å²) in [6, 6.07) is 10.2. The molecule has 0 radical (unpaired) electrons. The quantitative estimate of drug-likeness (QED) is 0.636. The van der Waals surface area contributed by atoms with E-state index in [4.69, 9.17) is 4.74 Å². The third-order valence-electron chi connectivity index (χ3n) is 7.10. The molecule has 1 spiro atoms. The van der Waals surface area contributed by atoms with Gasteiger partial charge in [-0.15, -0.1) is 0 Å². The minimum Gasteiger partial charge on any atom is -0.356 e. The zero-order valence-electron chi connectivity index (χ0n) is 17.4. The molecule has 5 heterocycles. The van der Waals surface area contributed by atoms with Crippen LogP contribution in [0.5, 0.6) is 0 Å². The Hall–Kier alpha value is -3.00. The second-order valence-electron chi connectivity index (χ2n) is 8.75. The summed E-state index contributed by atoms with van der Waals surface area (Å²) in [6.07, 6.45) is 5.65. The second-order valence-corrected chi connectivity index (χ2v) is 8.75. The summed E-state index contributed by atoms with van der Waals surface area (Å²) in [5, 5.41) is 4.13. The van der Waals surface area contributed by atoms with Crippen LogP contribution in [0.15, 0.2) is 42.7 Å². The standard InChI is InChI=1S/C23H24FN5O2/c1-15-4-2-3-5-16(15)18-6-7-20-28(18)22(30)23(31-20)9-12-27(13-10-23)19-8-11-25-21-17(24)14-26-29(19)21/h2-5,8,11,14,18,20H,6-7,9-10,12-13H2,1H3/t18-,20+/m0/s1. The van der Waals surface area contributed by atoms with Gasteiger partial charge in [-0.25, -0.2) is 9.37 Å². The van der Waals surface area contributed by atoms with Crippen molar-refractivity contribution in [1.29, 1.82) is 0 Å². The predicted octanol–water partition coefficient (Wildman–Crippen LogP) is 3.24. The van der Waals surface area contributed by atoms with Gasteiger partial charge < -0.3 is 14.5 Å². The normalized spacial score (nSPS) is 25.0. The number of ether oxygens (including phenoxy) is 1. The Bertz CT molecular complexity index is 1170. The summed E-state index contributed by atoms with van der Waals surface area (Å²) in [5.41, 5.74) is 1.89. The smallest absolute Gasteiger partial charge is 0.257 e. The van der Waals surface area contributed by atoms with E-state index in [9.17, 15) is 9.18 Å². The molecule has 1 aromatic carbocycles. The lowest BCUT2D eigenvalue weighted by molar-refractivity contribution is -0.140. The van der Waals surface area contributed by atoms with Gasteiger partial charge in [-0.3, -0.25) is 4.79 Å². The summed E-state index contributed by atoms with van der Waals surface area (Å²) < 4.78 is 21.9. The molecule has 8 heteroatoms. The fraction of sp³-hybridized carbons (Fsp3) is 0.435. The Balaban J connectivity index is 1.24. The summed E-state index contributed by atoms with van der Waals surface area (Å²) in [7, 11) is 0. The van der Waals surface area contributed by atoms with E-state index in [1.165, 1.54) is 21.8 Å². The van der Waals surface area contributed by atoms with Crippen LogP contribution in [0.1, 0.15) is 42.9 Å². The van der Waals surface area contributed by atoms with E-state index in [0.717, 1.165) is 18.7 Å². The third-order valence-corrected chi connectivity index (χ3v) is 7.10. The molecule has 3 aliphatic rings. The predicted molar refractivity (Wildman–Crippen MR) is 112 cm³/mol. The van der Waals surface area contributed by atoms with Gasteiger partial charge in [0.25, 0.3) is 5.91 Å². The van der Waals surface area contributed by atoms with Gasteiger partial charge in [0.05, 0.1) is 12.2 Å². The van der Waals surface area contributed by atoms with Crippen LogP contribution in [0.25, 0.3) is 5.65 Å². The van der Waals surface area contributed by atoms with Crippen molar-refractivity contribution in [3.8, 4) is 0 Å². The summed E-state index contributed by atoms with van der Waals surface area (Å²) in [5.74, 6) is 0.466. The monoisotopic (exact) mass is 421 g/mol. The second kappa shape index (κ2) is 6.75. The Kier molecular flexibility index (Phi) is 4.08. The zero-order valence-corrected chi connectivity index (χ0v) is 17.4. The van der Waals surface area contributed by atoms with Crippen molar-refractivity contribution in [2.45, 2.75) is 50.5 Å². The van der Waals surface area contributed by atoms with Crippen molar-refractivity contribution in [3.05, 3.63) is 59.7 Å². The Morgan fingerprint density at radius 1 is 1.16 bits per heavy atom. The van der Waals surface area contributed by atoms with E-state index < -0.39 is 11.4 Å². The van der Waals surface area contributed by atoms with Crippen LogP contribution >= 0.6 is 0 Å². The molecule has 7 nitrogen and oxygen atoms in total. The topological polar surface area (TPSA) is 63.0 Å². The van der Waals surface area contributed by atoms with Crippen LogP contribution < -0.4 is 4.90 Å². The molecule has 6 rings (SSSR count). The molecule has 1 amide bonds. The maximum Gasteiger partial charge on any atom is 0.257 e. The van der Waals surface area contributed by atoms with E-state index >= 15 is 0 Å². The van der Waals surface area contributed by atoms with Gasteiger partial charge in [0.15, 0.2) is 17.1 Å². The molecule has 3 aliphatic heterocycles. The molecule has 0 N–H and O–H groups in total. The van der Waals surface area contributed by atoms with Crippen LogP contribution in [-0.2, 0) is 9.53 Å². The number of piperidine rings is 1. The van der Waals surface area contributed by atoms with Gasteiger partial charge >= 0.3 is 0 Å². The fourth-order valence-electron chi connectivity index (χ4n) is 5.50. The van der Waals surface area contributed by atoms with Crippen molar-refractivity contribution in [2.75, 3.05) is 18.0 Å². The van der Waals surface area contributed by atoms with E-state index in [1.54, 1.807) is 6.20 Å². The number of hydrogen-bond donors (Lipinski definition) is 0. The number of fused-ring (bicyclic) bond motifs is 2. The van der Waals surface area contributed by atoms with E-state index in [1.807, 2.05) is 23.1 Å². The lowest BCUT2D eigenvalue weighted by Crippen LogP contribution is -2.50. The number of rotatable bonds is 2. The summed E-state index contributed by atoms with van der Waals surface area (Å²) >= 11 is 0. The van der Waals surface area contributed by atoms with Gasteiger partial charge in [-0.2, -0.15) is 9.61 Å². The molecule has 0 unspecified atom stereocenters. The number of benzene rings is 1. The van der Waals surface area contributed by atoms with E-state index in [0.29, 0.717) is 25.9 Å². The molecule has 0 bridgehead atoms. The SMILES string of the molecule is Cc1ccccc1[C@@H]1CC[C@H]2OC3(CCN(c4ccnc5c(F)cnn45)CC3)C(=O)N21. The molecule has 160 valence electrons. The number of amides is 1. The van der Waals surface area contributed by atoms with Crippen molar-refractivity contribution in [1.82, 2.24) is 19.5 Å². The number of aryl methyl sites for hydroxylation is 1. The van der Waals surface area contributed by atoms with E-state index in [2.05, 4.69) is 34.0 Å². The van der Waals surface area contributed by atoms with Crippen LogP contribution in [0.3, 0.4) is 0 Å². The number of carbonyl (C=O) groups excluding carboxylic acids is 1. The first-order valence-corrected chi connectivity index (χ1v) is 10.9. The number of nitrogens with zero attached hydrogens (tertiary/aromatic N) is 5. The molecule has 31 heavy (non-hydrogen) atoms. The highest BCUT2D eigenvalue weighted by atomic mass is 19.1. The molecular formula is C23H24FN5O2. The highest BCUT2D eigenvalue weighted by molar-refractivity contribution is 5.88. The Morgan fingerprint density at radius 3 is 2.77 bits per heavy atom. The highest BCUT2D eigenvalue weighted by Gasteiger charge is 2.58. The van der Waals surface area contributed by atoms with Crippen molar-refractivity contribution in [3.63, 3.8) is 0 Å². The van der Waals surface area contributed by atoms with E-state index in [-0.39, 0.29) is 23.8 Å². The first-order chi connectivity index (χ1) is 15.1. The van der Waals surface area contributed by atoms with Crippen LogP contribution in [-0.4, -0.2) is 50.3 Å². The molecule has 0 aliphatic carbocycles. The summed E-state index contributed by atoms with van der Waals surface area (Å²) in [4.78, 5) is 21.8. The molecular weight excluding hydrogens is 397 g/mol. The van der Waals surface area contributed by atoms with Crippen molar-refractivity contribution in [2.24, 2.45) is 0 Å². The minimum absolute atomic E-state index is 0.0861. The molecule has 3 saturated heterocycles. The lowest BCUT2D eigenvalue weighted by atomic mass is 9.89. The Morgan fingerprint density at radius 2 is 1.97 bits per heavy atom. The van der Waals surface area contributed by atoms with Gasteiger partial charge in [-0.05, 0) is 37.0 Å². The molecule has 3 fully saturated rings. The average molecular weight is 421 g/mol. The third kappa shape index (κ3) is 2.70. The largest absolute Gasteiger partial charge is 0.356 e. The van der Waals surface area contributed by atoms with Crippen LogP contribution in [0.4, 0.5) is 10.2 Å². The molecule has 0 saturated carbocycles. The van der Waals surface area contributed by atoms with Gasteiger partial charge in [0.1, 0.15) is 12.0 Å². The first-order valence-electron chi connectivity index (χ1n) is 10.9. The van der Waals surface area contributed by atoms with Crippen LogP contribution in [0.2, 0.25) is 0 Å². The lowest BCUT2D eigenvalue weighted by Gasteiger charge is -2.38. The fourth-order valence-corrected chi connectivity index (χ4v) is 5.50. The highest BCUT2D eigenvalue weighted by Crippen LogP contribution is 2.48. The van der Waals surface area contributed by atoms with Crippen molar-refractivity contribution >= 4 is 17.4 Å². The summed E-state index contributed by atoms with van der Waals surface area (Å²) in [6.45, 7) is 3.38. The number of hydrogen-bond acceptors (Lipinski definition) is 5. The maximum absolute atomic E-state index is 13.9. The first kappa shape index (κ1) is 18.7. The molecule has 2 atom stereocenters. The van der Waals surface area contributed by atoms with Crippen LogP contribution in [0, 0.1) is 12.7 Å². The van der Waals surface area contributed by atoms with Gasteiger partial charge in [0.2, 0.25) is 0 Å². The Labute approximate surface area is 179 Å². The molecule has 3 aromatic rings. The molecule has 2 aromatic heterocycles. The van der Waals surface area contributed by atoms with Gasteiger partial charge in [-0.1, -0.05) is 24.3 Å².